The Morgan fingerprint density at radius 1 is 1.17 bits per heavy atom. The summed E-state index contributed by atoms with van der Waals surface area (Å²) in [6.07, 6.45) is -3.50. The van der Waals surface area contributed by atoms with Crippen molar-refractivity contribution in [1.29, 1.82) is 0 Å². The maximum Gasteiger partial charge on any atom is 0.461 e. The van der Waals surface area contributed by atoms with Gasteiger partial charge in [-0.05, 0) is 25.2 Å². The molecule has 1 atom stereocenters. The Hall–Kier alpha value is -0.510. The summed E-state index contributed by atoms with van der Waals surface area (Å²) in [5.74, 6) is -6.25. The standard InChI is InChI=1S/C11H14F5N2O2PS2/c1-3-5-23-21(22,19-4-2)20-8-6-17-9(18-7-8)10(12,13)11(14,15)16/h6-7H,3-5H2,1-2H3. The van der Waals surface area contributed by atoms with E-state index in [1.807, 2.05) is 6.92 Å². The van der Waals surface area contributed by atoms with Gasteiger partial charge >= 0.3 is 12.1 Å². The van der Waals surface area contributed by atoms with Crippen LogP contribution in [-0.4, -0.2) is 28.5 Å². The zero-order chi connectivity index (χ0) is 17.7. The van der Waals surface area contributed by atoms with Gasteiger partial charge in [0.1, 0.15) is 0 Å². The molecule has 1 rings (SSSR count). The van der Waals surface area contributed by atoms with E-state index in [0.29, 0.717) is 5.75 Å². The molecule has 0 spiro atoms. The lowest BCUT2D eigenvalue weighted by Crippen LogP contribution is -2.35. The predicted octanol–water partition coefficient (Wildman–Crippen LogP) is 4.91. The van der Waals surface area contributed by atoms with Crippen molar-refractivity contribution in [2.45, 2.75) is 32.4 Å². The molecule has 1 unspecified atom stereocenters. The molecule has 1 heterocycles. The van der Waals surface area contributed by atoms with Crippen molar-refractivity contribution in [2.24, 2.45) is 0 Å². The summed E-state index contributed by atoms with van der Waals surface area (Å²) in [5.41, 5.74) is -2.79. The SMILES string of the molecule is CCCSP(=S)(OCC)Oc1cnc(C(F)(F)C(F)(F)F)nc1. The largest absolute Gasteiger partial charge is 0.461 e. The lowest BCUT2D eigenvalue weighted by atomic mass is 10.3. The molecular formula is C11H14F5N2O2PS2. The topological polar surface area (TPSA) is 44.2 Å². The van der Waals surface area contributed by atoms with E-state index in [9.17, 15) is 22.0 Å². The highest BCUT2D eigenvalue weighted by Crippen LogP contribution is 2.60. The molecule has 0 aliphatic carbocycles. The van der Waals surface area contributed by atoms with Gasteiger partial charge in [-0.3, -0.25) is 0 Å². The minimum atomic E-state index is -5.77. The van der Waals surface area contributed by atoms with Crippen LogP contribution in [0.15, 0.2) is 12.4 Å². The van der Waals surface area contributed by atoms with Crippen molar-refractivity contribution in [3.8, 4) is 5.75 Å². The highest BCUT2D eigenvalue weighted by Gasteiger charge is 2.61. The number of alkyl halides is 5. The number of halogens is 5. The summed E-state index contributed by atoms with van der Waals surface area (Å²) >= 11 is 6.51. The Morgan fingerprint density at radius 3 is 2.17 bits per heavy atom. The van der Waals surface area contributed by atoms with Gasteiger partial charge in [-0.25, -0.2) is 9.97 Å². The summed E-state index contributed by atoms with van der Waals surface area (Å²) in [6, 6.07) is 0. The first-order chi connectivity index (χ1) is 10.6. The fourth-order valence-electron chi connectivity index (χ4n) is 1.23. The smallest absolute Gasteiger partial charge is 0.433 e. The van der Waals surface area contributed by atoms with E-state index in [2.05, 4.69) is 9.97 Å². The van der Waals surface area contributed by atoms with Gasteiger partial charge < -0.3 is 9.05 Å². The van der Waals surface area contributed by atoms with Gasteiger partial charge in [0.15, 0.2) is 5.75 Å². The molecule has 1 aromatic rings. The molecular weight excluding hydrogens is 382 g/mol. The van der Waals surface area contributed by atoms with E-state index in [4.69, 9.17) is 20.9 Å². The van der Waals surface area contributed by atoms with E-state index in [1.165, 1.54) is 11.4 Å². The zero-order valence-electron chi connectivity index (χ0n) is 12.1. The molecule has 0 amide bonds. The Balaban J connectivity index is 2.93. The van der Waals surface area contributed by atoms with Crippen LogP contribution < -0.4 is 4.52 Å². The maximum atomic E-state index is 13.1. The number of hydrogen-bond donors (Lipinski definition) is 0. The summed E-state index contributed by atoms with van der Waals surface area (Å²) in [5, 5.41) is 0. The van der Waals surface area contributed by atoms with Gasteiger partial charge in [-0.15, -0.1) is 0 Å². The maximum absolute atomic E-state index is 13.1. The predicted molar refractivity (Wildman–Crippen MR) is 81.3 cm³/mol. The number of nitrogens with zero attached hydrogens (tertiary/aromatic N) is 2. The lowest BCUT2D eigenvalue weighted by molar-refractivity contribution is -0.292. The molecule has 0 saturated heterocycles. The number of aromatic nitrogens is 2. The van der Waals surface area contributed by atoms with Crippen LogP contribution in [0.1, 0.15) is 26.1 Å². The van der Waals surface area contributed by atoms with Gasteiger partial charge in [0, 0.05) is 5.75 Å². The minimum absolute atomic E-state index is 0.118. The molecule has 1 aromatic heterocycles. The molecule has 0 bridgehead atoms. The van der Waals surface area contributed by atoms with Crippen LogP contribution in [0.5, 0.6) is 5.75 Å². The second-order valence-corrected chi connectivity index (χ2v) is 10.5. The van der Waals surface area contributed by atoms with Crippen molar-refractivity contribution in [2.75, 3.05) is 12.4 Å². The molecule has 0 aromatic carbocycles. The minimum Gasteiger partial charge on any atom is -0.433 e. The Bertz CT molecular complexity index is 556. The van der Waals surface area contributed by atoms with Crippen molar-refractivity contribution in [3.05, 3.63) is 18.2 Å². The quantitative estimate of drug-likeness (QED) is 0.459. The average molecular weight is 396 g/mol. The second-order valence-electron chi connectivity index (χ2n) is 4.10. The molecule has 0 radical (unpaired) electrons. The fraction of sp³-hybridized carbons (Fsp3) is 0.636. The fourth-order valence-corrected chi connectivity index (χ4v) is 5.91. The molecule has 0 aliphatic heterocycles. The summed E-state index contributed by atoms with van der Waals surface area (Å²) in [6.45, 7) is 3.91. The van der Waals surface area contributed by atoms with E-state index in [1.54, 1.807) is 6.92 Å². The number of rotatable bonds is 8. The first-order valence-corrected chi connectivity index (χ1v) is 10.6. The summed E-state index contributed by atoms with van der Waals surface area (Å²) < 4.78 is 73.7. The molecule has 0 saturated carbocycles. The Labute approximate surface area is 139 Å². The molecule has 0 N–H and O–H groups in total. The third kappa shape index (κ3) is 5.51. The van der Waals surface area contributed by atoms with Crippen LogP contribution in [0.3, 0.4) is 0 Å². The third-order valence-electron chi connectivity index (χ3n) is 2.22. The van der Waals surface area contributed by atoms with Crippen molar-refractivity contribution in [1.82, 2.24) is 9.97 Å². The first-order valence-electron chi connectivity index (χ1n) is 6.41. The monoisotopic (exact) mass is 396 g/mol. The normalized spacial score (nSPS) is 15.3. The van der Waals surface area contributed by atoms with Crippen LogP contribution in [0.25, 0.3) is 0 Å². The van der Waals surface area contributed by atoms with E-state index >= 15 is 0 Å². The highest BCUT2D eigenvalue weighted by atomic mass is 32.9. The number of hydrogen-bond acceptors (Lipinski definition) is 6. The first kappa shape index (κ1) is 20.5. The van der Waals surface area contributed by atoms with Crippen molar-refractivity contribution >= 4 is 28.9 Å². The van der Waals surface area contributed by atoms with Crippen molar-refractivity contribution < 1.29 is 31.0 Å². The van der Waals surface area contributed by atoms with Crippen LogP contribution in [0.4, 0.5) is 22.0 Å². The summed E-state index contributed by atoms with van der Waals surface area (Å²) in [4.78, 5) is 6.08. The van der Waals surface area contributed by atoms with Crippen LogP contribution in [-0.2, 0) is 22.3 Å². The van der Waals surface area contributed by atoms with Crippen LogP contribution in [0.2, 0.25) is 0 Å². The van der Waals surface area contributed by atoms with E-state index in [-0.39, 0.29) is 12.4 Å². The van der Waals surface area contributed by atoms with Gasteiger partial charge in [-0.1, -0.05) is 18.3 Å². The molecule has 23 heavy (non-hydrogen) atoms. The highest BCUT2D eigenvalue weighted by molar-refractivity contribution is 8.68. The van der Waals surface area contributed by atoms with E-state index in [0.717, 1.165) is 18.8 Å². The van der Waals surface area contributed by atoms with Gasteiger partial charge in [0.05, 0.1) is 19.0 Å². The van der Waals surface area contributed by atoms with Gasteiger partial charge in [0.25, 0.3) is 5.69 Å². The lowest BCUT2D eigenvalue weighted by Gasteiger charge is -2.21. The molecule has 0 fully saturated rings. The summed E-state index contributed by atoms with van der Waals surface area (Å²) in [7, 11) is 0. The Morgan fingerprint density at radius 2 is 1.74 bits per heavy atom. The van der Waals surface area contributed by atoms with Crippen LogP contribution >= 0.6 is 17.1 Å². The molecule has 132 valence electrons. The molecule has 4 nitrogen and oxygen atoms in total. The third-order valence-corrected chi connectivity index (χ3v) is 7.66. The zero-order valence-corrected chi connectivity index (χ0v) is 14.7. The van der Waals surface area contributed by atoms with Gasteiger partial charge in [0.2, 0.25) is 5.82 Å². The molecule has 0 aliphatic rings. The van der Waals surface area contributed by atoms with E-state index < -0.39 is 23.6 Å². The van der Waals surface area contributed by atoms with Gasteiger partial charge in [-0.2, -0.15) is 22.0 Å². The van der Waals surface area contributed by atoms with Crippen LogP contribution in [0, 0.1) is 0 Å². The second kappa shape index (κ2) is 8.04. The molecule has 12 heteroatoms. The average Bonchev–Trinajstić information content (AvgIpc) is 2.45. The van der Waals surface area contributed by atoms with Crippen molar-refractivity contribution in [3.63, 3.8) is 0 Å². The Kier molecular flexibility index (Phi) is 7.18.